The predicted octanol–water partition coefficient (Wildman–Crippen LogP) is 4.88. The van der Waals surface area contributed by atoms with E-state index in [0.29, 0.717) is 0 Å². The lowest BCUT2D eigenvalue weighted by Crippen LogP contribution is -1.79. The van der Waals surface area contributed by atoms with Crippen LogP contribution < -0.4 is 0 Å². The van der Waals surface area contributed by atoms with Gasteiger partial charge in [0, 0.05) is 4.70 Å². The zero-order valence-corrected chi connectivity index (χ0v) is 9.92. The summed E-state index contributed by atoms with van der Waals surface area (Å²) in [6.45, 7) is 2.19. The van der Waals surface area contributed by atoms with Gasteiger partial charge in [0.05, 0.1) is 0 Å². The Balaban J connectivity index is 2.25. The molecule has 0 atom stereocenters. The van der Waals surface area contributed by atoms with Crippen LogP contribution in [-0.4, -0.2) is 0 Å². The Morgan fingerprint density at radius 1 is 0.875 bits per heavy atom. The van der Waals surface area contributed by atoms with Gasteiger partial charge in [0.15, 0.2) is 0 Å². The van der Waals surface area contributed by atoms with Crippen molar-refractivity contribution in [3.05, 3.63) is 59.5 Å². The molecule has 0 aliphatic carbocycles. The number of fused-ring (bicyclic) bond motifs is 1. The van der Waals surface area contributed by atoms with E-state index in [-0.39, 0.29) is 0 Å². The van der Waals surface area contributed by atoms with E-state index < -0.39 is 0 Å². The van der Waals surface area contributed by atoms with Crippen LogP contribution in [0, 0.1) is 6.92 Å². The molecule has 0 fully saturated rings. The molecule has 3 rings (SSSR count). The number of hydrogen-bond acceptors (Lipinski definition) is 1. The number of rotatable bonds is 1. The molecular formula is C15H12S. The van der Waals surface area contributed by atoms with Gasteiger partial charge in [0.2, 0.25) is 0 Å². The summed E-state index contributed by atoms with van der Waals surface area (Å²) in [6, 6.07) is 17.3. The van der Waals surface area contributed by atoms with E-state index in [0.717, 1.165) is 0 Å². The molecule has 0 amide bonds. The fourth-order valence-corrected chi connectivity index (χ4v) is 2.92. The zero-order valence-electron chi connectivity index (χ0n) is 9.10. The average molecular weight is 224 g/mol. The molecular weight excluding hydrogens is 212 g/mol. The molecule has 1 heterocycles. The first-order valence-electron chi connectivity index (χ1n) is 5.38. The highest BCUT2D eigenvalue weighted by Crippen LogP contribution is 2.30. The first-order valence-corrected chi connectivity index (χ1v) is 6.26. The fourth-order valence-electron chi connectivity index (χ4n) is 2.06. The molecule has 16 heavy (non-hydrogen) atoms. The highest BCUT2D eigenvalue weighted by Gasteiger charge is 2.03. The minimum atomic E-state index is 1.29. The van der Waals surface area contributed by atoms with Crippen LogP contribution in [0.15, 0.2) is 53.9 Å². The molecule has 0 aliphatic rings. The third-order valence-corrected chi connectivity index (χ3v) is 3.91. The van der Waals surface area contributed by atoms with Crippen LogP contribution in [0.1, 0.15) is 5.56 Å². The van der Waals surface area contributed by atoms with Crippen LogP contribution in [-0.2, 0) is 0 Å². The van der Waals surface area contributed by atoms with Crippen LogP contribution >= 0.6 is 11.3 Å². The molecule has 0 nitrogen and oxygen atoms in total. The second kappa shape index (κ2) is 3.76. The lowest BCUT2D eigenvalue weighted by atomic mass is 10.0. The molecule has 0 spiro atoms. The summed E-state index contributed by atoms with van der Waals surface area (Å²) < 4.78 is 1.40. The smallest absolute Gasteiger partial charge is 0.0372 e. The Hall–Kier alpha value is -1.60. The summed E-state index contributed by atoms with van der Waals surface area (Å²) >= 11 is 1.82. The van der Waals surface area contributed by atoms with Gasteiger partial charge >= 0.3 is 0 Å². The molecule has 0 aliphatic heterocycles. The molecule has 0 bridgehead atoms. The van der Waals surface area contributed by atoms with Crippen molar-refractivity contribution in [2.24, 2.45) is 0 Å². The Bertz CT molecular complexity index is 620. The lowest BCUT2D eigenvalue weighted by molar-refractivity contribution is 1.54. The van der Waals surface area contributed by atoms with Crippen molar-refractivity contribution in [3.63, 3.8) is 0 Å². The molecule has 0 radical (unpaired) electrons. The number of aryl methyl sites for hydroxylation is 1. The summed E-state index contributed by atoms with van der Waals surface area (Å²) in [6.07, 6.45) is 0. The van der Waals surface area contributed by atoms with Gasteiger partial charge in [-0.1, -0.05) is 30.3 Å². The lowest BCUT2D eigenvalue weighted by Gasteiger charge is -2.04. The van der Waals surface area contributed by atoms with E-state index >= 15 is 0 Å². The van der Waals surface area contributed by atoms with E-state index in [2.05, 4.69) is 60.8 Å². The molecule has 78 valence electrons. The van der Waals surface area contributed by atoms with Crippen molar-refractivity contribution in [2.75, 3.05) is 0 Å². The standard InChI is InChI=1S/C15H12S/c1-11-9-14(12-5-3-2-4-6-12)10-13-7-8-16-15(11)13/h2-10H,1H3. The SMILES string of the molecule is Cc1cc(-c2ccccc2)cc2ccsc12. The van der Waals surface area contributed by atoms with Gasteiger partial charge < -0.3 is 0 Å². The minimum Gasteiger partial charge on any atom is -0.144 e. The largest absolute Gasteiger partial charge is 0.144 e. The van der Waals surface area contributed by atoms with Crippen molar-refractivity contribution >= 4 is 21.4 Å². The van der Waals surface area contributed by atoms with E-state index in [1.165, 1.54) is 26.8 Å². The third-order valence-electron chi connectivity index (χ3n) is 2.84. The fraction of sp³-hybridized carbons (Fsp3) is 0.0667. The highest BCUT2D eigenvalue weighted by atomic mass is 32.1. The topological polar surface area (TPSA) is 0 Å². The second-order valence-electron chi connectivity index (χ2n) is 4.00. The van der Waals surface area contributed by atoms with Crippen LogP contribution in [0.5, 0.6) is 0 Å². The summed E-state index contributed by atoms with van der Waals surface area (Å²) in [7, 11) is 0. The molecule has 2 aromatic carbocycles. The maximum atomic E-state index is 2.27. The minimum absolute atomic E-state index is 1.29. The molecule has 3 aromatic rings. The van der Waals surface area contributed by atoms with Crippen molar-refractivity contribution in [1.82, 2.24) is 0 Å². The van der Waals surface area contributed by atoms with Gasteiger partial charge in [-0.25, -0.2) is 0 Å². The van der Waals surface area contributed by atoms with Crippen molar-refractivity contribution in [1.29, 1.82) is 0 Å². The van der Waals surface area contributed by atoms with Gasteiger partial charge in [0.25, 0.3) is 0 Å². The van der Waals surface area contributed by atoms with Gasteiger partial charge in [-0.3, -0.25) is 0 Å². The molecule has 0 saturated heterocycles. The van der Waals surface area contributed by atoms with E-state index in [4.69, 9.17) is 0 Å². The summed E-state index contributed by atoms with van der Waals surface area (Å²) in [4.78, 5) is 0. The maximum Gasteiger partial charge on any atom is 0.0372 e. The van der Waals surface area contributed by atoms with E-state index in [1.54, 1.807) is 0 Å². The monoisotopic (exact) mass is 224 g/mol. The Morgan fingerprint density at radius 3 is 2.50 bits per heavy atom. The highest BCUT2D eigenvalue weighted by molar-refractivity contribution is 7.17. The first kappa shape index (κ1) is 9.61. The van der Waals surface area contributed by atoms with Crippen LogP contribution in [0.3, 0.4) is 0 Å². The van der Waals surface area contributed by atoms with Crippen molar-refractivity contribution in [2.45, 2.75) is 6.92 Å². The zero-order chi connectivity index (χ0) is 11.0. The van der Waals surface area contributed by atoms with Crippen LogP contribution in [0.2, 0.25) is 0 Å². The maximum absolute atomic E-state index is 2.27. The van der Waals surface area contributed by atoms with Crippen LogP contribution in [0.4, 0.5) is 0 Å². The molecule has 0 unspecified atom stereocenters. The van der Waals surface area contributed by atoms with Gasteiger partial charge in [0.1, 0.15) is 0 Å². The number of benzene rings is 2. The summed E-state index contributed by atoms with van der Waals surface area (Å²) in [5, 5.41) is 3.51. The first-order chi connectivity index (χ1) is 7.84. The molecule has 0 N–H and O–H groups in total. The van der Waals surface area contributed by atoms with E-state index in [1.807, 2.05) is 11.3 Å². The van der Waals surface area contributed by atoms with Gasteiger partial charge in [-0.15, -0.1) is 11.3 Å². The van der Waals surface area contributed by atoms with Crippen molar-refractivity contribution < 1.29 is 0 Å². The average Bonchev–Trinajstić information content (AvgIpc) is 2.79. The van der Waals surface area contributed by atoms with Gasteiger partial charge in [-0.05, 0) is 52.6 Å². The molecule has 0 saturated carbocycles. The molecule has 1 heteroatoms. The summed E-state index contributed by atoms with van der Waals surface area (Å²) in [5.41, 5.74) is 3.97. The van der Waals surface area contributed by atoms with Gasteiger partial charge in [-0.2, -0.15) is 0 Å². The Kier molecular flexibility index (Phi) is 2.26. The Morgan fingerprint density at radius 2 is 1.69 bits per heavy atom. The summed E-state index contributed by atoms with van der Waals surface area (Å²) in [5.74, 6) is 0. The van der Waals surface area contributed by atoms with E-state index in [9.17, 15) is 0 Å². The number of hydrogen-bond donors (Lipinski definition) is 0. The Labute approximate surface area is 99.2 Å². The van der Waals surface area contributed by atoms with Crippen LogP contribution in [0.25, 0.3) is 21.2 Å². The predicted molar refractivity (Wildman–Crippen MR) is 72.0 cm³/mol. The number of thiophene rings is 1. The third kappa shape index (κ3) is 1.54. The second-order valence-corrected chi connectivity index (χ2v) is 4.91. The molecule has 1 aromatic heterocycles. The normalized spacial score (nSPS) is 10.8. The quantitative estimate of drug-likeness (QED) is 0.553. The van der Waals surface area contributed by atoms with Crippen molar-refractivity contribution in [3.8, 4) is 11.1 Å².